The number of piperazine rings is 1. The van der Waals surface area contributed by atoms with Crippen molar-refractivity contribution in [2.45, 2.75) is 44.7 Å². The van der Waals surface area contributed by atoms with Gasteiger partial charge in [0.1, 0.15) is 0 Å². The maximum atomic E-state index is 12.9. The van der Waals surface area contributed by atoms with Gasteiger partial charge in [0, 0.05) is 51.0 Å². The summed E-state index contributed by atoms with van der Waals surface area (Å²) in [5, 5.41) is 0. The summed E-state index contributed by atoms with van der Waals surface area (Å²) in [5.41, 5.74) is 1.01. The number of rotatable bonds is 4. The minimum atomic E-state index is -0.342. The fourth-order valence-corrected chi connectivity index (χ4v) is 4.53. The molecule has 0 unspecified atom stereocenters. The molecule has 7 nitrogen and oxygen atoms in total. The third-order valence-electron chi connectivity index (χ3n) is 6.02. The molecule has 0 spiro atoms. The van der Waals surface area contributed by atoms with Gasteiger partial charge in [-0.15, -0.1) is 0 Å². The van der Waals surface area contributed by atoms with Gasteiger partial charge in [-0.2, -0.15) is 0 Å². The van der Waals surface area contributed by atoms with Crippen LogP contribution in [0.1, 0.15) is 37.7 Å². The molecule has 7 heteroatoms. The lowest BCUT2D eigenvalue weighted by molar-refractivity contribution is -0.149. The number of amides is 3. The van der Waals surface area contributed by atoms with Gasteiger partial charge in [-0.3, -0.25) is 19.4 Å². The van der Waals surface area contributed by atoms with E-state index in [1.807, 2.05) is 17.0 Å². The van der Waals surface area contributed by atoms with Gasteiger partial charge in [0.2, 0.25) is 17.7 Å². The number of carbonyl (C=O) groups is 3. The molecule has 3 amide bonds. The molecule has 1 aromatic rings. The number of hydrogen-bond acceptors (Lipinski definition) is 4. The van der Waals surface area contributed by atoms with E-state index in [1.54, 1.807) is 22.2 Å². The Morgan fingerprint density at radius 3 is 2.52 bits per heavy atom. The largest absolute Gasteiger partial charge is 0.338 e. The average Bonchev–Trinajstić information content (AvgIpc) is 3.32. The average molecular weight is 370 g/mol. The standard InChI is InChI=1S/C20H26N4O3/c25-18-11-16(13-23(18)12-15-5-7-21-8-6-15)20(27)22-9-10-24(19(26)14-22)17-3-1-2-4-17/h5-8,16-17H,1-4,9-14H2/t16-/m1/s1. The number of hydrogen-bond donors (Lipinski definition) is 0. The van der Waals surface area contributed by atoms with Crippen molar-refractivity contribution in [1.82, 2.24) is 19.7 Å². The van der Waals surface area contributed by atoms with E-state index in [0.29, 0.717) is 32.2 Å². The van der Waals surface area contributed by atoms with E-state index in [4.69, 9.17) is 0 Å². The van der Waals surface area contributed by atoms with E-state index in [0.717, 1.165) is 18.4 Å². The van der Waals surface area contributed by atoms with E-state index < -0.39 is 0 Å². The fourth-order valence-electron chi connectivity index (χ4n) is 4.53. The Kier molecular flexibility index (Phi) is 5.09. The molecule has 1 atom stereocenters. The van der Waals surface area contributed by atoms with Crippen LogP contribution in [0.5, 0.6) is 0 Å². The van der Waals surface area contributed by atoms with Gasteiger partial charge in [-0.1, -0.05) is 12.8 Å². The van der Waals surface area contributed by atoms with Gasteiger partial charge >= 0.3 is 0 Å². The smallest absolute Gasteiger partial charge is 0.242 e. The second kappa shape index (κ2) is 7.66. The third-order valence-corrected chi connectivity index (χ3v) is 6.02. The molecule has 4 rings (SSSR count). The monoisotopic (exact) mass is 370 g/mol. The van der Waals surface area contributed by atoms with Crippen molar-refractivity contribution < 1.29 is 14.4 Å². The molecule has 3 aliphatic rings. The zero-order valence-corrected chi connectivity index (χ0v) is 15.5. The van der Waals surface area contributed by atoms with Crippen LogP contribution in [0.3, 0.4) is 0 Å². The van der Waals surface area contributed by atoms with Gasteiger partial charge in [0.05, 0.1) is 12.5 Å². The Morgan fingerprint density at radius 1 is 1.07 bits per heavy atom. The third kappa shape index (κ3) is 3.82. The summed E-state index contributed by atoms with van der Waals surface area (Å²) < 4.78 is 0. The first-order chi connectivity index (χ1) is 13.1. The summed E-state index contributed by atoms with van der Waals surface area (Å²) in [6, 6.07) is 4.12. The molecule has 27 heavy (non-hydrogen) atoms. The SMILES string of the molecule is O=C1C[C@@H](C(=O)N2CCN(C3CCCC3)C(=O)C2)CN1Cc1ccncc1. The molecule has 0 bridgehead atoms. The fraction of sp³-hybridized carbons (Fsp3) is 0.600. The van der Waals surface area contributed by atoms with Crippen LogP contribution in [0.25, 0.3) is 0 Å². The first-order valence-electron chi connectivity index (χ1n) is 9.87. The summed E-state index contributed by atoms with van der Waals surface area (Å²) in [7, 11) is 0. The Hall–Kier alpha value is -2.44. The lowest BCUT2D eigenvalue weighted by Crippen LogP contribution is -2.56. The molecule has 0 aromatic carbocycles. The van der Waals surface area contributed by atoms with Crippen LogP contribution in [-0.4, -0.2) is 69.6 Å². The normalized spacial score (nSPS) is 24.1. The zero-order valence-electron chi connectivity index (χ0n) is 15.5. The Balaban J connectivity index is 1.33. The summed E-state index contributed by atoms with van der Waals surface area (Å²) >= 11 is 0. The van der Waals surface area contributed by atoms with Crippen molar-refractivity contribution in [2.75, 3.05) is 26.2 Å². The van der Waals surface area contributed by atoms with Crippen LogP contribution in [0.4, 0.5) is 0 Å². The summed E-state index contributed by atoms with van der Waals surface area (Å²) in [4.78, 5) is 47.1. The van der Waals surface area contributed by atoms with Gasteiger partial charge in [0.15, 0.2) is 0 Å². The minimum Gasteiger partial charge on any atom is -0.338 e. The van der Waals surface area contributed by atoms with Crippen LogP contribution in [0.2, 0.25) is 0 Å². The van der Waals surface area contributed by atoms with Crippen molar-refractivity contribution in [3.05, 3.63) is 30.1 Å². The summed E-state index contributed by atoms with van der Waals surface area (Å²) in [6.07, 6.45) is 8.19. The zero-order chi connectivity index (χ0) is 18.8. The molecule has 2 saturated heterocycles. The molecule has 144 valence electrons. The van der Waals surface area contributed by atoms with Crippen molar-refractivity contribution in [2.24, 2.45) is 5.92 Å². The highest BCUT2D eigenvalue weighted by molar-refractivity contribution is 5.92. The van der Waals surface area contributed by atoms with Crippen molar-refractivity contribution in [3.8, 4) is 0 Å². The highest BCUT2D eigenvalue weighted by atomic mass is 16.2. The van der Waals surface area contributed by atoms with Crippen molar-refractivity contribution in [3.63, 3.8) is 0 Å². The van der Waals surface area contributed by atoms with Gasteiger partial charge < -0.3 is 14.7 Å². The van der Waals surface area contributed by atoms with E-state index in [1.165, 1.54) is 12.8 Å². The highest BCUT2D eigenvalue weighted by Gasteiger charge is 2.39. The summed E-state index contributed by atoms with van der Waals surface area (Å²) in [6.45, 7) is 2.29. The number of carbonyl (C=O) groups excluding carboxylic acids is 3. The topological polar surface area (TPSA) is 73.8 Å². The number of likely N-dealkylation sites (tertiary alicyclic amines) is 1. The molecule has 3 fully saturated rings. The number of nitrogens with zero attached hydrogens (tertiary/aromatic N) is 4. The van der Waals surface area contributed by atoms with Gasteiger partial charge in [0.25, 0.3) is 0 Å². The van der Waals surface area contributed by atoms with Crippen molar-refractivity contribution >= 4 is 17.7 Å². The minimum absolute atomic E-state index is 0.00100. The number of aromatic nitrogens is 1. The Morgan fingerprint density at radius 2 is 1.81 bits per heavy atom. The molecule has 1 saturated carbocycles. The Bertz CT molecular complexity index is 717. The van der Waals surface area contributed by atoms with E-state index in [9.17, 15) is 14.4 Å². The molecule has 3 heterocycles. The first kappa shape index (κ1) is 17.9. The van der Waals surface area contributed by atoms with E-state index in [-0.39, 0.29) is 36.6 Å². The molecule has 1 aliphatic carbocycles. The van der Waals surface area contributed by atoms with E-state index >= 15 is 0 Å². The predicted octanol–water partition coefficient (Wildman–Crippen LogP) is 1.04. The van der Waals surface area contributed by atoms with Crippen molar-refractivity contribution in [1.29, 1.82) is 0 Å². The highest BCUT2D eigenvalue weighted by Crippen LogP contribution is 2.26. The molecule has 0 N–H and O–H groups in total. The van der Waals surface area contributed by atoms with Gasteiger partial charge in [-0.25, -0.2) is 0 Å². The summed E-state index contributed by atoms with van der Waals surface area (Å²) in [5.74, 6) is -0.342. The molecular weight excluding hydrogens is 344 g/mol. The lowest BCUT2D eigenvalue weighted by Gasteiger charge is -2.38. The maximum absolute atomic E-state index is 12.9. The predicted molar refractivity (Wildman–Crippen MR) is 98.3 cm³/mol. The Labute approximate surface area is 159 Å². The lowest BCUT2D eigenvalue weighted by atomic mass is 10.1. The van der Waals surface area contributed by atoms with Crippen LogP contribution < -0.4 is 0 Å². The van der Waals surface area contributed by atoms with Crippen LogP contribution in [0.15, 0.2) is 24.5 Å². The molecule has 0 radical (unpaired) electrons. The van der Waals surface area contributed by atoms with Crippen LogP contribution in [0, 0.1) is 5.92 Å². The quantitative estimate of drug-likeness (QED) is 0.794. The second-order valence-electron chi connectivity index (χ2n) is 7.82. The molecular formula is C20H26N4O3. The first-order valence-corrected chi connectivity index (χ1v) is 9.87. The van der Waals surface area contributed by atoms with Gasteiger partial charge in [-0.05, 0) is 30.5 Å². The van der Waals surface area contributed by atoms with Crippen LogP contribution in [-0.2, 0) is 20.9 Å². The molecule has 1 aromatic heterocycles. The maximum Gasteiger partial charge on any atom is 0.242 e. The van der Waals surface area contributed by atoms with Crippen LogP contribution >= 0.6 is 0 Å². The van der Waals surface area contributed by atoms with E-state index in [2.05, 4.69) is 4.98 Å². The second-order valence-corrected chi connectivity index (χ2v) is 7.82. The molecule has 2 aliphatic heterocycles. The number of pyridine rings is 1.